The van der Waals surface area contributed by atoms with Crippen molar-refractivity contribution in [2.24, 2.45) is 0 Å². The Morgan fingerprint density at radius 1 is 1.12 bits per heavy atom. The molecule has 1 N–H and O–H groups in total. The molecule has 3 rings (SSSR count). The molecule has 0 unspecified atom stereocenters. The van der Waals surface area contributed by atoms with Crippen LogP contribution in [-0.4, -0.2) is 5.91 Å². The molecule has 32 heavy (non-hydrogen) atoms. The van der Waals surface area contributed by atoms with E-state index < -0.39 is 5.91 Å². The molecule has 0 spiro atoms. The summed E-state index contributed by atoms with van der Waals surface area (Å²) < 4.78 is 7.41. The van der Waals surface area contributed by atoms with Crippen LogP contribution < -0.4 is 10.1 Å². The molecule has 0 heterocycles. The molecule has 162 valence electrons. The van der Waals surface area contributed by atoms with E-state index in [1.165, 1.54) is 6.08 Å². The normalized spacial score (nSPS) is 11.1. The van der Waals surface area contributed by atoms with Gasteiger partial charge in [-0.25, -0.2) is 0 Å². The average molecular weight is 595 g/mol. The minimum Gasteiger partial charge on any atom is -0.487 e. The smallest absolute Gasteiger partial charge is 0.266 e. The maximum atomic E-state index is 12.7. The second-order valence-electron chi connectivity index (χ2n) is 6.82. The lowest BCUT2D eigenvalue weighted by molar-refractivity contribution is -0.112. The molecule has 0 saturated heterocycles. The fourth-order valence-electron chi connectivity index (χ4n) is 2.77. The first-order valence-electron chi connectivity index (χ1n) is 9.32. The monoisotopic (exact) mass is 592 g/mol. The molecule has 0 radical (unpaired) electrons. The minimum atomic E-state index is -0.515. The zero-order valence-electron chi connectivity index (χ0n) is 16.8. The van der Waals surface area contributed by atoms with Crippen LogP contribution in [0, 0.1) is 18.3 Å². The summed E-state index contributed by atoms with van der Waals surface area (Å²) in [5, 5.41) is 13.4. The molecular formula is C24H16Br2Cl2N2O2. The number of nitrogens with one attached hydrogen (secondary N) is 1. The Morgan fingerprint density at radius 2 is 1.84 bits per heavy atom. The van der Waals surface area contributed by atoms with Crippen LogP contribution in [-0.2, 0) is 11.4 Å². The van der Waals surface area contributed by atoms with Gasteiger partial charge in [0.05, 0.1) is 4.47 Å². The molecule has 8 heteroatoms. The first-order chi connectivity index (χ1) is 15.3. The van der Waals surface area contributed by atoms with Crippen LogP contribution in [0.2, 0.25) is 10.0 Å². The van der Waals surface area contributed by atoms with E-state index in [9.17, 15) is 10.1 Å². The van der Waals surface area contributed by atoms with Gasteiger partial charge in [-0.05, 0) is 65.3 Å². The van der Waals surface area contributed by atoms with E-state index in [-0.39, 0.29) is 12.2 Å². The fourth-order valence-corrected chi connectivity index (χ4v) is 4.60. The maximum Gasteiger partial charge on any atom is 0.266 e. The number of carbonyl (C=O) groups excluding carboxylic acids is 1. The predicted octanol–water partition coefficient (Wildman–Crippen LogP) is 7.95. The molecule has 3 aromatic carbocycles. The van der Waals surface area contributed by atoms with Crippen LogP contribution in [0.15, 0.2) is 69.1 Å². The third-order valence-electron chi connectivity index (χ3n) is 4.40. The molecule has 0 aliphatic rings. The topological polar surface area (TPSA) is 62.1 Å². The van der Waals surface area contributed by atoms with Gasteiger partial charge in [-0.2, -0.15) is 5.26 Å². The van der Waals surface area contributed by atoms with Gasteiger partial charge in [0.15, 0.2) is 0 Å². The van der Waals surface area contributed by atoms with E-state index in [2.05, 4.69) is 37.2 Å². The van der Waals surface area contributed by atoms with Crippen molar-refractivity contribution < 1.29 is 9.53 Å². The number of hydrogen-bond donors (Lipinski definition) is 1. The van der Waals surface area contributed by atoms with Gasteiger partial charge >= 0.3 is 0 Å². The summed E-state index contributed by atoms with van der Waals surface area (Å²) in [5.74, 6) is -0.0470. The van der Waals surface area contributed by atoms with Crippen LogP contribution in [0.25, 0.3) is 6.08 Å². The van der Waals surface area contributed by atoms with E-state index in [1.54, 1.807) is 36.4 Å². The third kappa shape index (κ3) is 6.36. The van der Waals surface area contributed by atoms with Crippen LogP contribution in [0.3, 0.4) is 0 Å². The third-order valence-corrected chi connectivity index (χ3v) is 6.03. The Labute approximate surface area is 213 Å². The largest absolute Gasteiger partial charge is 0.487 e. The van der Waals surface area contributed by atoms with E-state index in [0.717, 1.165) is 15.6 Å². The van der Waals surface area contributed by atoms with Crippen LogP contribution in [0.5, 0.6) is 5.75 Å². The van der Waals surface area contributed by atoms with Gasteiger partial charge in [-0.15, -0.1) is 0 Å². The fraction of sp³-hybridized carbons (Fsp3) is 0.0833. The van der Waals surface area contributed by atoms with Gasteiger partial charge in [0.1, 0.15) is 24.0 Å². The Kier molecular flexibility index (Phi) is 8.38. The number of nitrogens with zero attached hydrogens (tertiary/aromatic N) is 1. The number of rotatable bonds is 6. The number of aryl methyl sites for hydroxylation is 1. The van der Waals surface area contributed by atoms with Gasteiger partial charge in [0.2, 0.25) is 0 Å². The van der Waals surface area contributed by atoms with E-state index in [1.807, 2.05) is 31.2 Å². The van der Waals surface area contributed by atoms with Crippen LogP contribution >= 0.6 is 55.1 Å². The summed E-state index contributed by atoms with van der Waals surface area (Å²) in [6.07, 6.45) is 1.48. The van der Waals surface area contributed by atoms with E-state index in [0.29, 0.717) is 31.5 Å². The standard InChI is InChI=1S/C24H16Br2Cl2N2O2/c1-14-2-6-20(7-3-14)30-24(31)17(12-29)8-16-9-18(25)10-21(26)23(16)32-13-15-4-5-19(27)11-22(15)28/h2-11H,13H2,1H3,(H,30,31)/b17-8+. The molecular weight excluding hydrogens is 579 g/mol. The summed E-state index contributed by atoms with van der Waals surface area (Å²) in [6.45, 7) is 2.13. The number of benzene rings is 3. The van der Waals surface area contributed by atoms with Gasteiger partial charge < -0.3 is 10.1 Å². The molecule has 0 aliphatic heterocycles. The Morgan fingerprint density at radius 3 is 2.50 bits per heavy atom. The summed E-state index contributed by atoms with van der Waals surface area (Å²) >= 11 is 19.1. The first-order valence-corrected chi connectivity index (χ1v) is 11.7. The van der Waals surface area contributed by atoms with Crippen molar-refractivity contribution in [3.8, 4) is 11.8 Å². The lowest BCUT2D eigenvalue weighted by Crippen LogP contribution is -2.13. The molecule has 0 fully saturated rings. The van der Waals surface area contributed by atoms with Crippen LogP contribution in [0.1, 0.15) is 16.7 Å². The SMILES string of the molecule is Cc1ccc(NC(=O)/C(C#N)=C/c2cc(Br)cc(Br)c2OCc2ccc(Cl)cc2Cl)cc1. The van der Waals surface area contributed by atoms with Crippen molar-refractivity contribution in [3.63, 3.8) is 0 Å². The number of anilines is 1. The molecule has 0 bridgehead atoms. The summed E-state index contributed by atoms with van der Waals surface area (Å²) in [7, 11) is 0. The zero-order valence-corrected chi connectivity index (χ0v) is 21.4. The van der Waals surface area contributed by atoms with Crippen molar-refractivity contribution in [1.82, 2.24) is 0 Å². The molecule has 0 atom stereocenters. The summed E-state index contributed by atoms with van der Waals surface area (Å²) in [6, 6.07) is 18.0. The van der Waals surface area contributed by atoms with Gasteiger partial charge in [0, 0.05) is 31.3 Å². The van der Waals surface area contributed by atoms with Crippen molar-refractivity contribution in [1.29, 1.82) is 5.26 Å². The van der Waals surface area contributed by atoms with Gasteiger partial charge in [0.25, 0.3) is 5.91 Å². The quantitative estimate of drug-likeness (QED) is 0.233. The first kappa shape index (κ1) is 24.3. The Bertz CT molecular complexity index is 1240. The number of carbonyl (C=O) groups is 1. The molecule has 0 saturated carbocycles. The number of hydrogen-bond acceptors (Lipinski definition) is 3. The maximum absolute atomic E-state index is 12.7. The predicted molar refractivity (Wildman–Crippen MR) is 136 cm³/mol. The van der Waals surface area contributed by atoms with Crippen molar-refractivity contribution in [2.75, 3.05) is 5.32 Å². The van der Waals surface area contributed by atoms with E-state index in [4.69, 9.17) is 27.9 Å². The summed E-state index contributed by atoms with van der Waals surface area (Å²) in [4.78, 5) is 12.7. The molecule has 0 aliphatic carbocycles. The van der Waals surface area contributed by atoms with Crippen LogP contribution in [0.4, 0.5) is 5.69 Å². The lowest BCUT2D eigenvalue weighted by atomic mass is 10.1. The highest BCUT2D eigenvalue weighted by Crippen LogP contribution is 2.35. The van der Waals surface area contributed by atoms with Crippen molar-refractivity contribution in [3.05, 3.63) is 95.9 Å². The highest BCUT2D eigenvalue weighted by Gasteiger charge is 2.15. The zero-order chi connectivity index (χ0) is 23.3. The second-order valence-corrected chi connectivity index (χ2v) is 9.43. The minimum absolute atomic E-state index is 0.0649. The average Bonchev–Trinajstić information content (AvgIpc) is 2.74. The highest BCUT2D eigenvalue weighted by molar-refractivity contribution is 9.11. The molecule has 0 aromatic heterocycles. The van der Waals surface area contributed by atoms with Crippen molar-refractivity contribution >= 4 is 72.7 Å². The number of amides is 1. The second kappa shape index (κ2) is 11.0. The van der Waals surface area contributed by atoms with E-state index >= 15 is 0 Å². The molecule has 3 aromatic rings. The van der Waals surface area contributed by atoms with Gasteiger partial charge in [-0.1, -0.05) is 62.9 Å². The Hall–Kier alpha value is -2.30. The molecule has 4 nitrogen and oxygen atoms in total. The number of nitriles is 1. The lowest BCUT2D eigenvalue weighted by Gasteiger charge is -2.14. The van der Waals surface area contributed by atoms with Gasteiger partial charge in [-0.3, -0.25) is 4.79 Å². The number of ether oxygens (including phenoxy) is 1. The Balaban J connectivity index is 1.89. The summed E-state index contributed by atoms with van der Waals surface area (Å²) in [5.41, 5.74) is 2.90. The highest BCUT2D eigenvalue weighted by atomic mass is 79.9. The van der Waals surface area contributed by atoms with Crippen molar-refractivity contribution in [2.45, 2.75) is 13.5 Å². The molecule has 1 amide bonds. The number of halogens is 4.